The summed E-state index contributed by atoms with van der Waals surface area (Å²) < 4.78 is 79.7. The Morgan fingerprint density at radius 3 is 2.38 bits per heavy atom. The van der Waals surface area contributed by atoms with E-state index in [1.54, 1.807) is 24.4 Å². The Morgan fingerprint density at radius 1 is 0.912 bits per heavy atom. The standard InChI is InChI=1S/C22H13F6N5O/c23-21(24,25)15-4-5-19(17(8-15)22(26,27)28)33-12-16(11-31-33)32-20(34)14-7-13(9-29-10-14)18-3-1-2-6-30-18/h1-12H,(H,32,34). The zero-order valence-corrected chi connectivity index (χ0v) is 16.9. The Labute approximate surface area is 187 Å². The van der Waals surface area contributed by atoms with Crippen LogP contribution in [-0.4, -0.2) is 25.7 Å². The lowest BCUT2D eigenvalue weighted by Gasteiger charge is -2.15. The summed E-state index contributed by atoms with van der Waals surface area (Å²) in [5.41, 5.74) is -2.24. The van der Waals surface area contributed by atoms with Crippen LogP contribution >= 0.6 is 0 Å². The molecule has 0 aliphatic heterocycles. The van der Waals surface area contributed by atoms with Crippen LogP contribution in [0.3, 0.4) is 0 Å². The molecule has 0 saturated carbocycles. The van der Waals surface area contributed by atoms with Crippen molar-refractivity contribution in [2.75, 3.05) is 5.32 Å². The van der Waals surface area contributed by atoms with Crippen molar-refractivity contribution in [2.45, 2.75) is 12.4 Å². The van der Waals surface area contributed by atoms with Gasteiger partial charge in [0.2, 0.25) is 0 Å². The number of nitrogens with zero attached hydrogens (tertiary/aromatic N) is 4. The van der Waals surface area contributed by atoms with Crippen LogP contribution in [0.4, 0.5) is 32.0 Å². The van der Waals surface area contributed by atoms with Crippen molar-refractivity contribution in [3.8, 4) is 16.9 Å². The zero-order valence-electron chi connectivity index (χ0n) is 16.9. The van der Waals surface area contributed by atoms with Crippen molar-refractivity contribution in [3.63, 3.8) is 0 Å². The van der Waals surface area contributed by atoms with Crippen molar-refractivity contribution in [1.82, 2.24) is 19.7 Å². The van der Waals surface area contributed by atoms with Gasteiger partial charge in [-0.3, -0.25) is 14.8 Å². The SMILES string of the molecule is O=C(Nc1cnn(-c2ccc(C(F)(F)F)cc2C(F)(F)F)c1)c1cncc(-c2ccccn2)c1. The molecule has 1 amide bonds. The van der Waals surface area contributed by atoms with Gasteiger partial charge in [-0.1, -0.05) is 6.07 Å². The maximum absolute atomic E-state index is 13.4. The molecule has 0 saturated heterocycles. The molecular weight excluding hydrogens is 464 g/mol. The number of nitrogens with one attached hydrogen (secondary N) is 1. The summed E-state index contributed by atoms with van der Waals surface area (Å²) in [5, 5.41) is 6.24. The van der Waals surface area contributed by atoms with Gasteiger partial charge in [-0.05, 0) is 36.4 Å². The lowest BCUT2D eigenvalue weighted by molar-refractivity contribution is -0.143. The van der Waals surface area contributed by atoms with E-state index in [-0.39, 0.29) is 17.3 Å². The van der Waals surface area contributed by atoms with Crippen LogP contribution in [-0.2, 0) is 12.4 Å². The fourth-order valence-corrected chi connectivity index (χ4v) is 3.10. The van der Waals surface area contributed by atoms with Gasteiger partial charge in [0.1, 0.15) is 0 Å². The van der Waals surface area contributed by atoms with Crippen molar-refractivity contribution in [1.29, 1.82) is 0 Å². The van der Waals surface area contributed by atoms with E-state index >= 15 is 0 Å². The van der Waals surface area contributed by atoms with E-state index in [0.29, 0.717) is 23.4 Å². The molecule has 1 N–H and O–H groups in total. The highest BCUT2D eigenvalue weighted by molar-refractivity contribution is 6.04. The highest BCUT2D eigenvalue weighted by Crippen LogP contribution is 2.38. The smallest absolute Gasteiger partial charge is 0.319 e. The second kappa shape index (κ2) is 8.61. The second-order valence-corrected chi connectivity index (χ2v) is 7.03. The summed E-state index contributed by atoms with van der Waals surface area (Å²) in [4.78, 5) is 20.8. The van der Waals surface area contributed by atoms with Crippen LogP contribution < -0.4 is 5.32 Å². The average molecular weight is 477 g/mol. The average Bonchev–Trinajstić information content (AvgIpc) is 3.26. The fraction of sp³-hybridized carbons (Fsp3) is 0.0909. The highest BCUT2D eigenvalue weighted by Gasteiger charge is 2.38. The third-order valence-electron chi connectivity index (χ3n) is 4.68. The Hall–Kier alpha value is -4.22. The van der Waals surface area contributed by atoms with Gasteiger partial charge >= 0.3 is 12.4 Å². The molecule has 3 aromatic heterocycles. The van der Waals surface area contributed by atoms with E-state index in [0.717, 1.165) is 17.1 Å². The lowest BCUT2D eigenvalue weighted by Crippen LogP contribution is -2.15. The Morgan fingerprint density at radius 2 is 1.71 bits per heavy atom. The Bertz CT molecular complexity index is 1330. The number of rotatable bonds is 4. The third kappa shape index (κ3) is 4.90. The maximum Gasteiger partial charge on any atom is 0.418 e. The number of benzene rings is 1. The first kappa shape index (κ1) is 23.0. The van der Waals surface area contributed by atoms with Crippen molar-refractivity contribution in [3.05, 3.63) is 90.1 Å². The summed E-state index contributed by atoms with van der Waals surface area (Å²) >= 11 is 0. The first-order valence-corrected chi connectivity index (χ1v) is 9.53. The first-order chi connectivity index (χ1) is 16.0. The summed E-state index contributed by atoms with van der Waals surface area (Å²) in [6.07, 6.45) is -3.49. The molecule has 0 aliphatic carbocycles. The summed E-state index contributed by atoms with van der Waals surface area (Å²) in [5.74, 6) is -0.617. The summed E-state index contributed by atoms with van der Waals surface area (Å²) in [7, 11) is 0. The van der Waals surface area contributed by atoms with Crippen LogP contribution in [0.1, 0.15) is 21.5 Å². The highest BCUT2D eigenvalue weighted by atomic mass is 19.4. The number of alkyl halides is 6. The minimum Gasteiger partial charge on any atom is -0.319 e. The predicted octanol–water partition coefficient (Wildman–Crippen LogP) is 5.62. The number of pyridine rings is 2. The molecule has 3 heterocycles. The van der Waals surface area contributed by atoms with Crippen LogP contribution in [0.5, 0.6) is 0 Å². The van der Waals surface area contributed by atoms with Gasteiger partial charge < -0.3 is 5.32 Å². The van der Waals surface area contributed by atoms with E-state index in [9.17, 15) is 31.1 Å². The van der Waals surface area contributed by atoms with Crippen molar-refractivity contribution < 1.29 is 31.1 Å². The number of carbonyl (C=O) groups is 1. The Balaban J connectivity index is 1.60. The molecule has 34 heavy (non-hydrogen) atoms. The van der Waals surface area contributed by atoms with Crippen molar-refractivity contribution in [2.24, 2.45) is 0 Å². The van der Waals surface area contributed by atoms with Crippen LogP contribution in [0.2, 0.25) is 0 Å². The fourth-order valence-electron chi connectivity index (χ4n) is 3.10. The molecule has 4 aromatic rings. The number of hydrogen-bond donors (Lipinski definition) is 1. The monoisotopic (exact) mass is 477 g/mol. The summed E-state index contributed by atoms with van der Waals surface area (Å²) in [6, 6.07) is 7.97. The van der Waals surface area contributed by atoms with E-state index in [1.807, 2.05) is 0 Å². The number of amides is 1. The molecular formula is C22H13F6N5O. The molecule has 0 atom stereocenters. The number of carbonyl (C=O) groups excluding carboxylic acids is 1. The van der Waals surface area contributed by atoms with E-state index in [1.165, 1.54) is 18.5 Å². The molecule has 6 nitrogen and oxygen atoms in total. The second-order valence-electron chi connectivity index (χ2n) is 7.03. The summed E-state index contributed by atoms with van der Waals surface area (Å²) in [6.45, 7) is 0. The van der Waals surface area contributed by atoms with Gasteiger partial charge in [0, 0.05) is 24.2 Å². The van der Waals surface area contributed by atoms with E-state index < -0.39 is 35.1 Å². The maximum atomic E-state index is 13.4. The quantitative estimate of drug-likeness (QED) is 0.388. The lowest BCUT2D eigenvalue weighted by atomic mass is 10.1. The molecule has 0 unspecified atom stereocenters. The number of aromatic nitrogens is 4. The topological polar surface area (TPSA) is 72.7 Å². The third-order valence-corrected chi connectivity index (χ3v) is 4.68. The van der Waals surface area contributed by atoms with Gasteiger partial charge in [-0.25, -0.2) is 4.68 Å². The predicted molar refractivity (Wildman–Crippen MR) is 109 cm³/mol. The molecule has 1 aromatic carbocycles. The van der Waals surface area contributed by atoms with Gasteiger partial charge in [0.15, 0.2) is 0 Å². The zero-order chi connectivity index (χ0) is 24.5. The van der Waals surface area contributed by atoms with Gasteiger partial charge in [-0.2, -0.15) is 31.4 Å². The molecule has 0 radical (unpaired) electrons. The first-order valence-electron chi connectivity index (χ1n) is 9.53. The molecule has 0 bridgehead atoms. The van der Waals surface area contributed by atoms with Gasteiger partial charge in [0.05, 0.1) is 46.2 Å². The normalized spacial score (nSPS) is 11.9. The van der Waals surface area contributed by atoms with E-state index in [4.69, 9.17) is 0 Å². The minimum absolute atomic E-state index is 0.0179. The molecule has 174 valence electrons. The van der Waals surface area contributed by atoms with Crippen LogP contribution in [0.25, 0.3) is 16.9 Å². The molecule has 0 fully saturated rings. The van der Waals surface area contributed by atoms with Crippen molar-refractivity contribution >= 4 is 11.6 Å². The van der Waals surface area contributed by atoms with Crippen LogP contribution in [0, 0.1) is 0 Å². The van der Waals surface area contributed by atoms with Gasteiger partial charge in [-0.15, -0.1) is 0 Å². The Kier molecular flexibility index (Phi) is 5.82. The number of halogens is 6. The largest absolute Gasteiger partial charge is 0.418 e. The molecule has 12 heteroatoms. The van der Waals surface area contributed by atoms with Gasteiger partial charge in [0.25, 0.3) is 5.91 Å². The number of hydrogen-bond acceptors (Lipinski definition) is 4. The minimum atomic E-state index is -5.07. The van der Waals surface area contributed by atoms with Crippen LogP contribution in [0.15, 0.2) is 73.4 Å². The molecule has 0 spiro atoms. The number of anilines is 1. The molecule has 4 rings (SSSR count). The molecule has 0 aliphatic rings. The van der Waals surface area contributed by atoms with E-state index in [2.05, 4.69) is 20.4 Å².